The molecule has 140 valence electrons. The van der Waals surface area contributed by atoms with E-state index in [1.54, 1.807) is 13.0 Å². The summed E-state index contributed by atoms with van der Waals surface area (Å²) < 4.78 is 5.06. The zero-order valence-electron chi connectivity index (χ0n) is 15.5. The lowest BCUT2D eigenvalue weighted by atomic mass is 9.94. The highest BCUT2D eigenvalue weighted by atomic mass is 32.1. The van der Waals surface area contributed by atoms with E-state index in [-0.39, 0.29) is 18.6 Å². The molecule has 8 heteroatoms. The van der Waals surface area contributed by atoms with Gasteiger partial charge in [0.1, 0.15) is 5.00 Å². The number of hydrogen-bond acceptors (Lipinski definition) is 5. The number of nitrogens with one attached hydrogen (secondary N) is 1. The first kappa shape index (κ1) is 21.0. The molecule has 0 aliphatic heterocycles. The summed E-state index contributed by atoms with van der Waals surface area (Å²) in [6.07, 6.45) is 0. The highest BCUT2D eigenvalue weighted by molar-refractivity contribution is 7.16. The lowest BCUT2D eigenvalue weighted by Gasteiger charge is -2.20. The number of rotatable bonds is 6. The van der Waals surface area contributed by atoms with Gasteiger partial charge in [0, 0.05) is 18.5 Å². The van der Waals surface area contributed by atoms with Crippen molar-refractivity contribution in [3.63, 3.8) is 0 Å². The van der Waals surface area contributed by atoms with Gasteiger partial charge in [-0.15, -0.1) is 11.3 Å². The number of ether oxygens (including phenoxy) is 1. The molecule has 0 saturated heterocycles. The molecule has 1 aromatic heterocycles. The van der Waals surface area contributed by atoms with Crippen LogP contribution in [0.3, 0.4) is 0 Å². The summed E-state index contributed by atoms with van der Waals surface area (Å²) in [5.41, 5.74) is 0.128. The molecule has 2 amide bonds. The van der Waals surface area contributed by atoms with Crippen molar-refractivity contribution in [2.45, 2.75) is 40.0 Å². The number of thiophene rings is 1. The van der Waals surface area contributed by atoms with Crippen LogP contribution in [0.4, 0.5) is 9.80 Å². The molecule has 0 spiro atoms. The van der Waals surface area contributed by atoms with Crippen molar-refractivity contribution in [3.8, 4) is 0 Å². The maximum absolute atomic E-state index is 12.3. The first-order chi connectivity index (χ1) is 11.5. The Labute approximate surface area is 152 Å². The molecule has 1 heterocycles. The zero-order chi connectivity index (χ0) is 19.4. The van der Waals surface area contributed by atoms with Gasteiger partial charge in [-0.25, -0.2) is 9.59 Å². The van der Waals surface area contributed by atoms with Crippen molar-refractivity contribution in [2.75, 3.05) is 25.5 Å². The molecule has 0 aliphatic rings. The average Bonchev–Trinajstić information content (AvgIpc) is 2.91. The molecule has 2 N–H and O–H groups in total. The monoisotopic (exact) mass is 370 g/mol. The Kier molecular flexibility index (Phi) is 6.98. The number of amides is 2. The SMILES string of the molecule is CCOC(=O)c1cc(C(C)(C)C)sc1NC(=O)N(C)CC(C)C(=O)O. The van der Waals surface area contributed by atoms with E-state index < -0.39 is 23.9 Å². The predicted molar refractivity (Wildman–Crippen MR) is 97.4 cm³/mol. The predicted octanol–water partition coefficient (Wildman–Crippen LogP) is 3.41. The van der Waals surface area contributed by atoms with Gasteiger partial charge in [-0.05, 0) is 18.4 Å². The van der Waals surface area contributed by atoms with Crippen molar-refractivity contribution in [1.29, 1.82) is 0 Å². The first-order valence-electron chi connectivity index (χ1n) is 8.03. The maximum Gasteiger partial charge on any atom is 0.341 e. The van der Waals surface area contributed by atoms with Crippen LogP contribution in [0.5, 0.6) is 0 Å². The normalized spacial score (nSPS) is 12.4. The topological polar surface area (TPSA) is 95.9 Å². The Morgan fingerprint density at radius 2 is 1.96 bits per heavy atom. The molecular formula is C17H26N2O5S. The van der Waals surface area contributed by atoms with Crippen molar-refractivity contribution in [2.24, 2.45) is 5.92 Å². The van der Waals surface area contributed by atoms with Crippen LogP contribution in [0.15, 0.2) is 6.07 Å². The van der Waals surface area contributed by atoms with Gasteiger partial charge in [-0.2, -0.15) is 0 Å². The molecule has 1 unspecified atom stereocenters. The summed E-state index contributed by atoms with van der Waals surface area (Å²) in [6.45, 7) is 9.59. The number of carboxylic acids is 1. The maximum atomic E-state index is 12.3. The minimum absolute atomic E-state index is 0.0629. The fraction of sp³-hybridized carbons (Fsp3) is 0.588. The lowest BCUT2D eigenvalue weighted by molar-refractivity contribution is -0.141. The van der Waals surface area contributed by atoms with E-state index in [1.807, 2.05) is 20.8 Å². The number of carbonyl (C=O) groups excluding carboxylic acids is 2. The van der Waals surface area contributed by atoms with E-state index in [9.17, 15) is 14.4 Å². The minimum Gasteiger partial charge on any atom is -0.481 e. The molecule has 0 bridgehead atoms. The van der Waals surface area contributed by atoms with Gasteiger partial charge in [0.05, 0.1) is 18.1 Å². The fourth-order valence-corrected chi connectivity index (χ4v) is 3.07. The summed E-state index contributed by atoms with van der Waals surface area (Å²) in [5.74, 6) is -2.15. The molecule has 1 rings (SSSR count). The second-order valence-corrected chi connectivity index (χ2v) is 7.93. The van der Waals surface area contributed by atoms with Crippen LogP contribution < -0.4 is 5.32 Å². The molecule has 0 aromatic carbocycles. The van der Waals surface area contributed by atoms with Crippen LogP contribution in [0.1, 0.15) is 49.9 Å². The number of esters is 1. The standard InChI is InChI=1S/C17H26N2O5S/c1-7-24-15(22)11-8-12(17(3,4)5)25-13(11)18-16(23)19(6)9-10(2)14(20)21/h8,10H,7,9H2,1-6H3,(H,18,23)(H,20,21). The van der Waals surface area contributed by atoms with E-state index in [0.717, 1.165) is 4.88 Å². The van der Waals surface area contributed by atoms with Crippen molar-refractivity contribution >= 4 is 34.3 Å². The Morgan fingerprint density at radius 3 is 2.44 bits per heavy atom. The molecular weight excluding hydrogens is 344 g/mol. The summed E-state index contributed by atoms with van der Waals surface area (Å²) >= 11 is 1.32. The van der Waals surface area contributed by atoms with Gasteiger partial charge in [0.25, 0.3) is 0 Å². The van der Waals surface area contributed by atoms with Gasteiger partial charge < -0.3 is 14.7 Å². The number of urea groups is 1. The summed E-state index contributed by atoms with van der Waals surface area (Å²) in [7, 11) is 1.51. The number of carbonyl (C=O) groups is 3. The number of nitrogens with zero attached hydrogens (tertiary/aromatic N) is 1. The Morgan fingerprint density at radius 1 is 1.36 bits per heavy atom. The number of aliphatic carboxylic acids is 1. The van der Waals surface area contributed by atoms with Gasteiger partial charge in [0.2, 0.25) is 0 Å². The smallest absolute Gasteiger partial charge is 0.341 e. The third-order valence-corrected chi connectivity index (χ3v) is 4.98. The number of carboxylic acid groups (broad SMARTS) is 1. The van der Waals surface area contributed by atoms with Crippen LogP contribution in [0.2, 0.25) is 0 Å². The number of hydrogen-bond donors (Lipinski definition) is 2. The molecule has 25 heavy (non-hydrogen) atoms. The van der Waals surface area contributed by atoms with E-state index in [4.69, 9.17) is 9.84 Å². The fourth-order valence-electron chi connectivity index (χ4n) is 1.98. The van der Waals surface area contributed by atoms with Crippen molar-refractivity contribution in [1.82, 2.24) is 4.90 Å². The molecule has 0 fully saturated rings. The van der Waals surface area contributed by atoms with Crippen molar-refractivity contribution in [3.05, 3.63) is 16.5 Å². The highest BCUT2D eigenvalue weighted by Gasteiger charge is 2.26. The third-order valence-electron chi connectivity index (χ3n) is 3.50. The van der Waals surface area contributed by atoms with Crippen LogP contribution in [0, 0.1) is 5.92 Å². The molecule has 0 aliphatic carbocycles. The van der Waals surface area contributed by atoms with Gasteiger partial charge >= 0.3 is 18.0 Å². The lowest BCUT2D eigenvalue weighted by Crippen LogP contribution is -2.36. The zero-order valence-corrected chi connectivity index (χ0v) is 16.3. The average molecular weight is 370 g/mol. The second kappa shape index (κ2) is 8.33. The number of anilines is 1. The Hall–Kier alpha value is -2.09. The van der Waals surface area contributed by atoms with Gasteiger partial charge in [0.15, 0.2) is 0 Å². The third kappa shape index (κ3) is 5.74. The van der Waals surface area contributed by atoms with E-state index in [0.29, 0.717) is 10.6 Å². The van der Waals surface area contributed by atoms with E-state index >= 15 is 0 Å². The van der Waals surface area contributed by atoms with Crippen molar-refractivity contribution < 1.29 is 24.2 Å². The molecule has 1 aromatic rings. The van der Waals surface area contributed by atoms with Crippen LogP contribution in [0.25, 0.3) is 0 Å². The van der Waals surface area contributed by atoms with Crippen LogP contribution in [-0.4, -0.2) is 48.2 Å². The first-order valence-corrected chi connectivity index (χ1v) is 8.85. The molecule has 1 atom stereocenters. The second-order valence-electron chi connectivity index (χ2n) is 6.87. The van der Waals surface area contributed by atoms with E-state index in [1.165, 1.54) is 30.2 Å². The van der Waals surface area contributed by atoms with Crippen LogP contribution >= 0.6 is 11.3 Å². The molecule has 0 radical (unpaired) electrons. The largest absolute Gasteiger partial charge is 0.481 e. The Bertz CT molecular complexity index is 648. The Balaban J connectivity index is 3.02. The van der Waals surface area contributed by atoms with Gasteiger partial charge in [-0.1, -0.05) is 27.7 Å². The quantitative estimate of drug-likeness (QED) is 0.748. The summed E-state index contributed by atoms with van der Waals surface area (Å²) in [5, 5.41) is 12.1. The minimum atomic E-state index is -0.974. The summed E-state index contributed by atoms with van der Waals surface area (Å²) in [4.78, 5) is 37.7. The van der Waals surface area contributed by atoms with Gasteiger partial charge in [-0.3, -0.25) is 10.1 Å². The van der Waals surface area contributed by atoms with Crippen LogP contribution in [-0.2, 0) is 14.9 Å². The van der Waals surface area contributed by atoms with E-state index in [2.05, 4.69) is 5.32 Å². The highest BCUT2D eigenvalue weighted by Crippen LogP contribution is 2.36. The summed E-state index contributed by atoms with van der Waals surface area (Å²) in [6, 6.07) is 1.26. The molecule has 7 nitrogen and oxygen atoms in total. The molecule has 0 saturated carbocycles.